The predicted molar refractivity (Wildman–Crippen MR) is 88.6 cm³/mol. The number of amides is 1. The molecule has 2 rings (SSSR count). The number of hydrogen-bond acceptors (Lipinski definition) is 5. The molecule has 0 radical (unpaired) electrons. The van der Waals surface area contributed by atoms with Gasteiger partial charge in [0.15, 0.2) is 0 Å². The van der Waals surface area contributed by atoms with E-state index in [4.69, 9.17) is 4.74 Å². The lowest BCUT2D eigenvalue weighted by atomic mass is 10.1. The number of pyridine rings is 1. The standard InChI is InChI=1S/C17H25N3O4/c1-17(2,3)24-16(23)20-10-4-9-19(11-12-20)14(15(21)22)13-5-7-18-8-6-13/h5-8,14H,4,9-12H2,1-3H3,(H,21,22)/t14-/m0/s1. The van der Waals surface area contributed by atoms with Crippen molar-refractivity contribution in [3.8, 4) is 0 Å². The zero-order valence-corrected chi connectivity index (χ0v) is 14.4. The molecule has 0 aromatic carbocycles. The van der Waals surface area contributed by atoms with Crippen molar-refractivity contribution in [3.63, 3.8) is 0 Å². The lowest BCUT2D eigenvalue weighted by molar-refractivity contribution is -0.143. The molecule has 1 fully saturated rings. The van der Waals surface area contributed by atoms with E-state index in [-0.39, 0.29) is 6.09 Å². The zero-order chi connectivity index (χ0) is 17.7. The lowest BCUT2D eigenvalue weighted by Crippen LogP contribution is -2.40. The average Bonchev–Trinajstić information content (AvgIpc) is 2.72. The molecule has 132 valence electrons. The molecule has 0 aliphatic carbocycles. The SMILES string of the molecule is CC(C)(C)OC(=O)N1CCCN([C@H](C(=O)O)c2ccncc2)CC1. The number of aromatic nitrogens is 1. The fraction of sp³-hybridized carbons (Fsp3) is 0.588. The molecule has 0 saturated carbocycles. The smallest absolute Gasteiger partial charge is 0.410 e. The summed E-state index contributed by atoms with van der Waals surface area (Å²) < 4.78 is 5.40. The molecular formula is C17H25N3O4. The third-order valence-electron chi connectivity index (χ3n) is 3.80. The van der Waals surface area contributed by atoms with Gasteiger partial charge >= 0.3 is 12.1 Å². The lowest BCUT2D eigenvalue weighted by Gasteiger charge is -2.28. The first kappa shape index (κ1) is 18.2. The summed E-state index contributed by atoms with van der Waals surface area (Å²) in [5.41, 5.74) is 0.159. The van der Waals surface area contributed by atoms with E-state index in [2.05, 4.69) is 4.98 Å². The Morgan fingerprint density at radius 1 is 1.17 bits per heavy atom. The second kappa shape index (κ2) is 7.61. The molecular weight excluding hydrogens is 310 g/mol. The summed E-state index contributed by atoms with van der Waals surface area (Å²) in [5, 5.41) is 9.63. The molecule has 1 atom stereocenters. The Morgan fingerprint density at radius 2 is 1.83 bits per heavy atom. The van der Waals surface area contributed by atoms with Crippen LogP contribution < -0.4 is 0 Å². The highest BCUT2D eigenvalue weighted by molar-refractivity contribution is 5.75. The molecule has 2 heterocycles. The van der Waals surface area contributed by atoms with Gasteiger partial charge in [-0.15, -0.1) is 0 Å². The van der Waals surface area contributed by atoms with Crippen LogP contribution in [-0.2, 0) is 9.53 Å². The number of carboxylic acids is 1. The Bertz CT molecular complexity index is 571. The Kier molecular flexibility index (Phi) is 5.77. The van der Waals surface area contributed by atoms with Gasteiger partial charge in [-0.05, 0) is 44.9 Å². The maximum atomic E-state index is 12.2. The largest absolute Gasteiger partial charge is 0.480 e. The van der Waals surface area contributed by atoms with Crippen LogP contribution in [-0.4, -0.2) is 63.7 Å². The highest BCUT2D eigenvalue weighted by Gasteiger charge is 2.31. The maximum absolute atomic E-state index is 12.2. The van der Waals surface area contributed by atoms with Gasteiger partial charge in [0.2, 0.25) is 0 Å². The Morgan fingerprint density at radius 3 is 2.42 bits per heavy atom. The van der Waals surface area contributed by atoms with E-state index in [9.17, 15) is 14.7 Å². The van der Waals surface area contributed by atoms with E-state index >= 15 is 0 Å². The summed E-state index contributed by atoms with van der Waals surface area (Å²) in [7, 11) is 0. The van der Waals surface area contributed by atoms with Crippen molar-refractivity contribution < 1.29 is 19.4 Å². The molecule has 7 nitrogen and oxygen atoms in total. The van der Waals surface area contributed by atoms with Crippen molar-refractivity contribution in [1.82, 2.24) is 14.8 Å². The average molecular weight is 335 g/mol. The number of hydrogen-bond donors (Lipinski definition) is 1. The van der Waals surface area contributed by atoms with Crippen LogP contribution in [0.5, 0.6) is 0 Å². The van der Waals surface area contributed by atoms with E-state index in [1.807, 2.05) is 25.7 Å². The number of carbonyl (C=O) groups is 2. The van der Waals surface area contributed by atoms with Crippen molar-refractivity contribution in [2.24, 2.45) is 0 Å². The van der Waals surface area contributed by atoms with Crippen LogP contribution in [0, 0.1) is 0 Å². The number of rotatable bonds is 3. The number of carboxylic acid groups (broad SMARTS) is 1. The van der Waals surface area contributed by atoms with Gasteiger partial charge in [-0.2, -0.15) is 0 Å². The van der Waals surface area contributed by atoms with Crippen LogP contribution in [0.3, 0.4) is 0 Å². The van der Waals surface area contributed by atoms with E-state index in [0.29, 0.717) is 38.2 Å². The van der Waals surface area contributed by atoms with E-state index in [1.54, 1.807) is 29.4 Å². The number of nitrogens with zero attached hydrogens (tertiary/aromatic N) is 3. The summed E-state index contributed by atoms with van der Waals surface area (Å²) in [5.74, 6) is -0.896. The van der Waals surface area contributed by atoms with Gasteiger partial charge in [-0.1, -0.05) is 0 Å². The van der Waals surface area contributed by atoms with Crippen molar-refractivity contribution >= 4 is 12.1 Å². The Balaban J connectivity index is 2.06. The molecule has 24 heavy (non-hydrogen) atoms. The van der Waals surface area contributed by atoms with Crippen LogP contribution in [0.1, 0.15) is 38.8 Å². The van der Waals surface area contributed by atoms with E-state index in [0.717, 1.165) is 0 Å². The third kappa shape index (κ3) is 4.92. The second-order valence-corrected chi connectivity index (χ2v) is 6.88. The van der Waals surface area contributed by atoms with Crippen molar-refractivity contribution in [1.29, 1.82) is 0 Å². The highest BCUT2D eigenvalue weighted by atomic mass is 16.6. The number of carbonyl (C=O) groups excluding carboxylic acids is 1. The van der Waals surface area contributed by atoms with Crippen molar-refractivity contribution in [3.05, 3.63) is 30.1 Å². The first-order valence-corrected chi connectivity index (χ1v) is 8.12. The van der Waals surface area contributed by atoms with Crippen molar-refractivity contribution in [2.75, 3.05) is 26.2 Å². The maximum Gasteiger partial charge on any atom is 0.410 e. The highest BCUT2D eigenvalue weighted by Crippen LogP contribution is 2.22. The first-order chi connectivity index (χ1) is 11.3. The Hall–Kier alpha value is -2.15. The molecule has 1 amide bonds. The normalized spacial score (nSPS) is 17.9. The van der Waals surface area contributed by atoms with E-state index < -0.39 is 17.6 Å². The van der Waals surface area contributed by atoms with Gasteiger partial charge in [0.25, 0.3) is 0 Å². The molecule has 0 unspecified atom stereocenters. The molecule has 1 saturated heterocycles. The monoisotopic (exact) mass is 335 g/mol. The predicted octanol–water partition coefficient (Wildman–Crippen LogP) is 2.15. The first-order valence-electron chi connectivity index (χ1n) is 8.12. The fourth-order valence-corrected chi connectivity index (χ4v) is 2.76. The molecule has 1 aliphatic rings. The molecule has 0 spiro atoms. The van der Waals surface area contributed by atoms with Gasteiger partial charge in [0, 0.05) is 38.6 Å². The van der Waals surface area contributed by atoms with Crippen molar-refractivity contribution in [2.45, 2.75) is 38.8 Å². The topological polar surface area (TPSA) is 83.0 Å². The Labute approximate surface area is 142 Å². The summed E-state index contributed by atoms with van der Waals surface area (Å²) >= 11 is 0. The van der Waals surface area contributed by atoms with Gasteiger partial charge in [-0.3, -0.25) is 14.7 Å². The summed E-state index contributed by atoms with van der Waals surface area (Å²) in [6, 6.07) is 2.71. The summed E-state index contributed by atoms with van der Waals surface area (Å²) in [4.78, 5) is 31.4. The molecule has 0 bridgehead atoms. The van der Waals surface area contributed by atoms with Gasteiger partial charge in [-0.25, -0.2) is 4.79 Å². The second-order valence-electron chi connectivity index (χ2n) is 6.88. The number of aliphatic carboxylic acids is 1. The minimum atomic E-state index is -0.896. The minimum absolute atomic E-state index is 0.347. The van der Waals surface area contributed by atoms with Crippen LogP contribution >= 0.6 is 0 Å². The van der Waals surface area contributed by atoms with Crippen LogP contribution in [0.15, 0.2) is 24.5 Å². The molecule has 7 heteroatoms. The van der Waals surface area contributed by atoms with Crippen LogP contribution in [0.25, 0.3) is 0 Å². The summed E-state index contributed by atoms with van der Waals surface area (Å²) in [6.45, 7) is 7.60. The quantitative estimate of drug-likeness (QED) is 0.911. The van der Waals surface area contributed by atoms with Crippen LogP contribution in [0.2, 0.25) is 0 Å². The molecule has 1 N–H and O–H groups in total. The van der Waals surface area contributed by atoms with Crippen LogP contribution in [0.4, 0.5) is 4.79 Å². The fourth-order valence-electron chi connectivity index (χ4n) is 2.76. The molecule has 1 aliphatic heterocycles. The van der Waals surface area contributed by atoms with E-state index in [1.165, 1.54) is 0 Å². The minimum Gasteiger partial charge on any atom is -0.480 e. The van der Waals surface area contributed by atoms with Gasteiger partial charge in [0.05, 0.1) is 0 Å². The zero-order valence-electron chi connectivity index (χ0n) is 14.4. The summed E-state index contributed by atoms with van der Waals surface area (Å²) in [6.07, 6.45) is 3.54. The molecule has 1 aromatic heterocycles. The molecule has 1 aromatic rings. The number of ether oxygens (including phenoxy) is 1. The third-order valence-corrected chi connectivity index (χ3v) is 3.80. The van der Waals surface area contributed by atoms with Gasteiger partial charge < -0.3 is 14.7 Å². The van der Waals surface area contributed by atoms with Gasteiger partial charge in [0.1, 0.15) is 11.6 Å².